The van der Waals surface area contributed by atoms with Crippen LogP contribution in [0.5, 0.6) is 0 Å². The van der Waals surface area contributed by atoms with Gasteiger partial charge in [0.25, 0.3) is 0 Å². The minimum absolute atomic E-state index is 0.0752. The van der Waals surface area contributed by atoms with E-state index in [1.165, 1.54) is 0 Å². The van der Waals surface area contributed by atoms with Gasteiger partial charge in [0.05, 0.1) is 0 Å². The van der Waals surface area contributed by atoms with E-state index in [1.54, 1.807) is 0 Å². The summed E-state index contributed by atoms with van der Waals surface area (Å²) in [5.74, 6) is 0. The third-order valence-electron chi connectivity index (χ3n) is 5.87. The number of likely N-dealkylation sites (N-methyl/N-ethyl adjacent to an activating group) is 2. The maximum Gasteiger partial charge on any atom is 0.317 e. The van der Waals surface area contributed by atoms with Gasteiger partial charge in [0.2, 0.25) is 0 Å². The number of carbonyl (C=O) groups is 2. The molecule has 2 heterocycles. The number of carbonyl (C=O) groups excluding carboxylic acids is 2. The molecule has 0 aromatic heterocycles. The highest BCUT2D eigenvalue weighted by Crippen LogP contribution is 2.04. The summed E-state index contributed by atoms with van der Waals surface area (Å²) in [4.78, 5) is 32.8. The largest absolute Gasteiger partial charge is 0.338 e. The molecule has 2 saturated heterocycles. The zero-order valence-corrected chi connectivity index (χ0v) is 17.9. The van der Waals surface area contributed by atoms with Crippen molar-refractivity contribution >= 4 is 12.1 Å². The Morgan fingerprint density at radius 1 is 0.607 bits per heavy atom. The number of hydrogen-bond acceptors (Lipinski definition) is 4. The van der Waals surface area contributed by atoms with E-state index >= 15 is 0 Å². The second-order valence-electron chi connectivity index (χ2n) is 7.72. The Bertz CT molecular complexity index is 418. The molecule has 2 fully saturated rings. The number of amides is 4. The first-order chi connectivity index (χ1) is 13.6. The third-order valence-corrected chi connectivity index (χ3v) is 5.87. The number of piperazine rings is 2. The van der Waals surface area contributed by atoms with Crippen LogP contribution in [0.3, 0.4) is 0 Å². The van der Waals surface area contributed by atoms with Gasteiger partial charge in [-0.15, -0.1) is 0 Å². The molecule has 0 radical (unpaired) electrons. The Hall–Kier alpha value is -1.54. The van der Waals surface area contributed by atoms with Crippen LogP contribution in [-0.2, 0) is 0 Å². The molecule has 0 aliphatic carbocycles. The molecule has 0 unspecified atom stereocenters. The van der Waals surface area contributed by atoms with Crippen molar-refractivity contribution in [2.75, 3.05) is 78.5 Å². The highest BCUT2D eigenvalue weighted by molar-refractivity contribution is 5.74. The minimum Gasteiger partial charge on any atom is -0.338 e. The predicted molar refractivity (Wildman–Crippen MR) is 113 cm³/mol. The van der Waals surface area contributed by atoms with Crippen molar-refractivity contribution in [3.05, 3.63) is 0 Å². The van der Waals surface area contributed by atoms with Crippen molar-refractivity contribution in [1.29, 1.82) is 0 Å². The third kappa shape index (κ3) is 7.83. The topological polar surface area (TPSA) is 71.2 Å². The summed E-state index contributed by atoms with van der Waals surface area (Å²) in [7, 11) is 0. The van der Waals surface area contributed by atoms with E-state index in [2.05, 4.69) is 34.3 Å². The molecule has 0 aromatic carbocycles. The zero-order chi connectivity index (χ0) is 20.2. The van der Waals surface area contributed by atoms with Crippen LogP contribution in [0.4, 0.5) is 9.59 Å². The molecular weight excluding hydrogens is 356 g/mol. The molecule has 0 bridgehead atoms. The smallest absolute Gasteiger partial charge is 0.317 e. The van der Waals surface area contributed by atoms with E-state index in [0.717, 1.165) is 104 Å². The Morgan fingerprint density at radius 3 is 1.29 bits per heavy atom. The summed E-state index contributed by atoms with van der Waals surface area (Å²) in [5.41, 5.74) is 0. The van der Waals surface area contributed by atoms with E-state index < -0.39 is 0 Å². The molecule has 2 N–H and O–H groups in total. The number of unbranched alkanes of at least 4 members (excludes halogenated alkanes) is 3. The molecule has 2 aliphatic heterocycles. The van der Waals surface area contributed by atoms with Crippen molar-refractivity contribution in [3.63, 3.8) is 0 Å². The van der Waals surface area contributed by atoms with Crippen LogP contribution in [0.15, 0.2) is 0 Å². The van der Waals surface area contributed by atoms with Gasteiger partial charge in [-0.25, -0.2) is 9.59 Å². The monoisotopic (exact) mass is 396 g/mol. The molecule has 8 heteroatoms. The van der Waals surface area contributed by atoms with Crippen LogP contribution >= 0.6 is 0 Å². The minimum atomic E-state index is 0.0752. The standard InChI is InChI=1S/C20H40N6O2/c1-3-23-11-15-25(16-12-23)19(27)21-9-7-5-6-8-10-22-20(28)26-17-13-24(4-2)14-18-26/h3-18H2,1-2H3,(H,21,27)(H,22,28). The Kier molecular flexibility index (Phi) is 10.4. The van der Waals surface area contributed by atoms with Gasteiger partial charge in [0.15, 0.2) is 0 Å². The van der Waals surface area contributed by atoms with Crippen molar-refractivity contribution in [1.82, 2.24) is 30.2 Å². The lowest BCUT2D eigenvalue weighted by molar-refractivity contribution is 0.142. The van der Waals surface area contributed by atoms with Crippen molar-refractivity contribution in [2.45, 2.75) is 39.5 Å². The molecule has 4 amide bonds. The van der Waals surface area contributed by atoms with Crippen LogP contribution in [0.25, 0.3) is 0 Å². The second-order valence-corrected chi connectivity index (χ2v) is 7.72. The lowest BCUT2D eigenvalue weighted by atomic mass is 10.2. The Labute approximate surface area is 170 Å². The molecule has 2 aliphatic rings. The maximum atomic E-state index is 12.1. The number of urea groups is 2. The van der Waals surface area contributed by atoms with Crippen molar-refractivity contribution in [3.8, 4) is 0 Å². The first-order valence-corrected chi connectivity index (χ1v) is 11.1. The molecule has 162 valence electrons. The molecule has 0 atom stereocenters. The summed E-state index contributed by atoms with van der Waals surface area (Å²) in [6, 6.07) is 0.150. The molecule has 0 aromatic rings. The SMILES string of the molecule is CCN1CCN(C(=O)NCCCCCCNC(=O)N2CCN(CC)CC2)CC1. The lowest BCUT2D eigenvalue weighted by Gasteiger charge is -2.34. The average Bonchev–Trinajstić information content (AvgIpc) is 2.75. The van der Waals surface area contributed by atoms with E-state index in [4.69, 9.17) is 0 Å². The van der Waals surface area contributed by atoms with Crippen LogP contribution in [0.1, 0.15) is 39.5 Å². The van der Waals surface area contributed by atoms with Crippen LogP contribution in [0.2, 0.25) is 0 Å². The summed E-state index contributed by atoms with van der Waals surface area (Å²) in [6.45, 7) is 15.1. The number of nitrogens with zero attached hydrogens (tertiary/aromatic N) is 4. The van der Waals surface area contributed by atoms with Crippen molar-refractivity contribution < 1.29 is 9.59 Å². The first-order valence-electron chi connectivity index (χ1n) is 11.1. The Morgan fingerprint density at radius 2 is 0.964 bits per heavy atom. The molecule has 28 heavy (non-hydrogen) atoms. The predicted octanol–water partition coefficient (Wildman–Crippen LogP) is 1.24. The van der Waals surface area contributed by atoms with Gasteiger partial charge in [-0.1, -0.05) is 26.7 Å². The van der Waals surface area contributed by atoms with E-state index in [0.29, 0.717) is 0 Å². The lowest BCUT2D eigenvalue weighted by Crippen LogP contribution is -2.51. The number of hydrogen-bond donors (Lipinski definition) is 2. The fraction of sp³-hybridized carbons (Fsp3) is 0.900. The van der Waals surface area contributed by atoms with Gasteiger partial charge in [-0.3, -0.25) is 0 Å². The highest BCUT2D eigenvalue weighted by Gasteiger charge is 2.20. The fourth-order valence-corrected chi connectivity index (χ4v) is 3.75. The van der Waals surface area contributed by atoms with Crippen molar-refractivity contribution in [2.24, 2.45) is 0 Å². The van der Waals surface area contributed by atoms with Gasteiger partial charge in [0.1, 0.15) is 0 Å². The molecule has 2 rings (SSSR count). The van der Waals surface area contributed by atoms with E-state index in [9.17, 15) is 9.59 Å². The first kappa shape index (κ1) is 22.7. The zero-order valence-electron chi connectivity index (χ0n) is 17.9. The Balaban J connectivity index is 1.41. The summed E-state index contributed by atoms with van der Waals surface area (Å²) in [6.07, 6.45) is 4.14. The van der Waals surface area contributed by atoms with Gasteiger partial charge in [-0.05, 0) is 25.9 Å². The van der Waals surface area contributed by atoms with Crippen LogP contribution < -0.4 is 10.6 Å². The van der Waals surface area contributed by atoms with Gasteiger partial charge in [0, 0.05) is 65.4 Å². The molecular formula is C20H40N6O2. The normalized spacial score (nSPS) is 18.9. The summed E-state index contributed by atoms with van der Waals surface area (Å²) in [5, 5.41) is 6.07. The quantitative estimate of drug-likeness (QED) is 0.575. The van der Waals surface area contributed by atoms with E-state index in [-0.39, 0.29) is 12.1 Å². The maximum absolute atomic E-state index is 12.1. The number of nitrogens with one attached hydrogen (secondary N) is 2. The van der Waals surface area contributed by atoms with E-state index in [1.807, 2.05) is 9.80 Å². The second kappa shape index (κ2) is 12.8. The highest BCUT2D eigenvalue weighted by atomic mass is 16.2. The van der Waals surface area contributed by atoms with Crippen LogP contribution in [0, 0.1) is 0 Å². The molecule has 8 nitrogen and oxygen atoms in total. The van der Waals surface area contributed by atoms with Crippen LogP contribution in [-0.4, -0.2) is 110 Å². The summed E-state index contributed by atoms with van der Waals surface area (Å²) < 4.78 is 0. The average molecular weight is 397 g/mol. The molecule has 0 spiro atoms. The van der Waals surface area contributed by atoms with Gasteiger partial charge >= 0.3 is 12.1 Å². The summed E-state index contributed by atoms with van der Waals surface area (Å²) >= 11 is 0. The number of rotatable bonds is 9. The molecule has 0 saturated carbocycles. The van der Waals surface area contributed by atoms with Gasteiger partial charge in [-0.2, -0.15) is 0 Å². The fourth-order valence-electron chi connectivity index (χ4n) is 3.75. The van der Waals surface area contributed by atoms with Gasteiger partial charge < -0.3 is 30.2 Å².